The highest BCUT2D eigenvalue weighted by molar-refractivity contribution is 6.35. The SMILES string of the molecule is Cc1cccc(N2CCN(c3cccc(C)c3)C2c2ccc(Cl)cc2Cl)c1. The van der Waals surface area contributed by atoms with Gasteiger partial charge in [0.15, 0.2) is 0 Å². The first-order chi connectivity index (χ1) is 13.0. The first kappa shape index (κ1) is 18.2. The molecule has 0 aromatic heterocycles. The predicted molar refractivity (Wildman–Crippen MR) is 116 cm³/mol. The molecule has 0 spiro atoms. The zero-order valence-electron chi connectivity index (χ0n) is 15.5. The fourth-order valence-electron chi connectivity index (χ4n) is 3.83. The summed E-state index contributed by atoms with van der Waals surface area (Å²) >= 11 is 12.8. The second-order valence-electron chi connectivity index (χ2n) is 7.10. The van der Waals surface area contributed by atoms with E-state index in [2.05, 4.69) is 72.2 Å². The molecule has 0 N–H and O–H groups in total. The van der Waals surface area contributed by atoms with Crippen LogP contribution < -0.4 is 9.80 Å². The van der Waals surface area contributed by atoms with E-state index >= 15 is 0 Å². The van der Waals surface area contributed by atoms with Gasteiger partial charge < -0.3 is 9.80 Å². The van der Waals surface area contributed by atoms with Crippen LogP contribution in [0.4, 0.5) is 11.4 Å². The number of nitrogens with zero attached hydrogens (tertiary/aromatic N) is 2. The lowest BCUT2D eigenvalue weighted by atomic mass is 10.1. The Hall–Kier alpha value is -2.16. The molecule has 1 aliphatic rings. The Balaban J connectivity index is 1.82. The lowest BCUT2D eigenvalue weighted by molar-refractivity contribution is 0.717. The fraction of sp³-hybridized carbons (Fsp3) is 0.217. The van der Waals surface area contributed by atoms with Gasteiger partial charge in [0, 0.05) is 40.1 Å². The van der Waals surface area contributed by atoms with Crippen molar-refractivity contribution in [1.82, 2.24) is 0 Å². The lowest BCUT2D eigenvalue weighted by Gasteiger charge is -2.34. The molecule has 1 fully saturated rings. The molecule has 0 amide bonds. The molecule has 138 valence electrons. The summed E-state index contributed by atoms with van der Waals surface area (Å²) < 4.78 is 0. The summed E-state index contributed by atoms with van der Waals surface area (Å²) in [5, 5.41) is 1.36. The molecule has 0 unspecified atom stereocenters. The van der Waals surface area contributed by atoms with E-state index in [0.29, 0.717) is 10.0 Å². The number of hydrogen-bond acceptors (Lipinski definition) is 2. The summed E-state index contributed by atoms with van der Waals surface area (Å²) in [6.07, 6.45) is 0.0263. The Labute approximate surface area is 170 Å². The lowest BCUT2D eigenvalue weighted by Crippen LogP contribution is -2.31. The van der Waals surface area contributed by atoms with E-state index in [1.165, 1.54) is 22.5 Å². The van der Waals surface area contributed by atoms with Crippen LogP contribution in [-0.4, -0.2) is 13.1 Å². The third kappa shape index (κ3) is 3.65. The largest absolute Gasteiger partial charge is 0.346 e. The van der Waals surface area contributed by atoms with Crippen LogP contribution in [0.3, 0.4) is 0 Å². The van der Waals surface area contributed by atoms with Gasteiger partial charge >= 0.3 is 0 Å². The average molecular weight is 397 g/mol. The van der Waals surface area contributed by atoms with Crippen molar-refractivity contribution < 1.29 is 0 Å². The fourth-order valence-corrected chi connectivity index (χ4v) is 4.33. The highest BCUT2D eigenvalue weighted by atomic mass is 35.5. The van der Waals surface area contributed by atoms with Crippen molar-refractivity contribution in [3.05, 3.63) is 93.5 Å². The van der Waals surface area contributed by atoms with Gasteiger partial charge in [-0.3, -0.25) is 0 Å². The van der Waals surface area contributed by atoms with Crippen LogP contribution >= 0.6 is 23.2 Å². The first-order valence-corrected chi connectivity index (χ1v) is 9.90. The Morgan fingerprint density at radius 2 is 1.30 bits per heavy atom. The molecule has 0 atom stereocenters. The molecule has 1 heterocycles. The van der Waals surface area contributed by atoms with Crippen molar-refractivity contribution in [3.63, 3.8) is 0 Å². The zero-order valence-corrected chi connectivity index (χ0v) is 17.0. The maximum Gasteiger partial charge on any atom is 0.130 e. The molecule has 1 saturated heterocycles. The van der Waals surface area contributed by atoms with E-state index in [4.69, 9.17) is 23.2 Å². The third-order valence-electron chi connectivity index (χ3n) is 5.08. The van der Waals surface area contributed by atoms with Crippen molar-refractivity contribution in [3.8, 4) is 0 Å². The predicted octanol–water partition coefficient (Wildman–Crippen LogP) is 6.64. The maximum absolute atomic E-state index is 6.64. The summed E-state index contributed by atoms with van der Waals surface area (Å²) in [7, 11) is 0. The van der Waals surface area contributed by atoms with Gasteiger partial charge in [-0.25, -0.2) is 0 Å². The Morgan fingerprint density at radius 1 is 0.741 bits per heavy atom. The zero-order chi connectivity index (χ0) is 19.0. The molecule has 0 saturated carbocycles. The van der Waals surface area contributed by atoms with Crippen LogP contribution in [0.25, 0.3) is 0 Å². The minimum absolute atomic E-state index is 0.0263. The number of benzene rings is 3. The Morgan fingerprint density at radius 3 is 1.78 bits per heavy atom. The van der Waals surface area contributed by atoms with Gasteiger partial charge in [-0.1, -0.05) is 53.5 Å². The van der Waals surface area contributed by atoms with Gasteiger partial charge in [0.05, 0.1) is 0 Å². The second kappa shape index (κ2) is 7.46. The number of rotatable bonds is 3. The van der Waals surface area contributed by atoms with Crippen molar-refractivity contribution in [2.75, 3.05) is 22.9 Å². The monoisotopic (exact) mass is 396 g/mol. The van der Waals surface area contributed by atoms with Crippen molar-refractivity contribution in [2.45, 2.75) is 20.0 Å². The van der Waals surface area contributed by atoms with Gasteiger partial charge in [-0.05, 0) is 61.4 Å². The van der Waals surface area contributed by atoms with Crippen LogP contribution in [0, 0.1) is 13.8 Å². The number of aryl methyl sites for hydroxylation is 2. The van der Waals surface area contributed by atoms with E-state index < -0.39 is 0 Å². The first-order valence-electron chi connectivity index (χ1n) is 9.14. The Kier molecular flexibility index (Phi) is 5.03. The van der Waals surface area contributed by atoms with E-state index in [0.717, 1.165) is 18.7 Å². The normalized spacial score (nSPS) is 14.8. The van der Waals surface area contributed by atoms with E-state index in [1.807, 2.05) is 18.2 Å². The number of halogens is 2. The summed E-state index contributed by atoms with van der Waals surface area (Å²) in [5.41, 5.74) is 5.99. The molecule has 2 nitrogen and oxygen atoms in total. The van der Waals surface area contributed by atoms with Crippen molar-refractivity contribution >= 4 is 34.6 Å². The molecule has 1 aliphatic heterocycles. The third-order valence-corrected chi connectivity index (χ3v) is 5.64. The van der Waals surface area contributed by atoms with Gasteiger partial charge in [-0.15, -0.1) is 0 Å². The average Bonchev–Trinajstić information content (AvgIpc) is 3.06. The highest BCUT2D eigenvalue weighted by Gasteiger charge is 2.35. The molecule has 27 heavy (non-hydrogen) atoms. The second-order valence-corrected chi connectivity index (χ2v) is 7.95. The van der Waals surface area contributed by atoms with Crippen molar-refractivity contribution in [2.24, 2.45) is 0 Å². The van der Waals surface area contributed by atoms with E-state index in [1.54, 1.807) is 0 Å². The minimum atomic E-state index is 0.0263. The minimum Gasteiger partial charge on any atom is -0.346 e. The summed E-state index contributed by atoms with van der Waals surface area (Å²) in [6.45, 7) is 6.12. The van der Waals surface area contributed by atoms with Gasteiger partial charge in [0.2, 0.25) is 0 Å². The smallest absolute Gasteiger partial charge is 0.130 e. The molecular weight excluding hydrogens is 375 g/mol. The van der Waals surface area contributed by atoms with Crippen LogP contribution in [0.15, 0.2) is 66.7 Å². The van der Waals surface area contributed by atoms with Crippen LogP contribution in [-0.2, 0) is 0 Å². The molecule has 0 radical (unpaired) electrons. The summed E-state index contributed by atoms with van der Waals surface area (Å²) in [5.74, 6) is 0. The maximum atomic E-state index is 6.64. The van der Waals surface area contributed by atoms with Gasteiger partial charge in [0.25, 0.3) is 0 Å². The number of hydrogen-bond donors (Lipinski definition) is 0. The summed E-state index contributed by atoms with van der Waals surface area (Å²) in [6, 6.07) is 23.1. The molecule has 4 heteroatoms. The van der Waals surface area contributed by atoms with Crippen LogP contribution in [0.5, 0.6) is 0 Å². The topological polar surface area (TPSA) is 6.48 Å². The standard InChI is InChI=1S/C23H22Cl2N2/c1-16-5-3-7-19(13-16)26-11-12-27(20-8-4-6-17(2)14-20)23(26)21-10-9-18(24)15-22(21)25/h3-10,13-15,23H,11-12H2,1-2H3. The van der Waals surface area contributed by atoms with E-state index in [9.17, 15) is 0 Å². The molecule has 0 aliphatic carbocycles. The number of anilines is 2. The molecular formula is C23H22Cl2N2. The van der Waals surface area contributed by atoms with Gasteiger partial charge in [-0.2, -0.15) is 0 Å². The molecule has 4 rings (SSSR count). The van der Waals surface area contributed by atoms with Gasteiger partial charge in [0.1, 0.15) is 6.17 Å². The quantitative estimate of drug-likeness (QED) is 0.489. The molecule has 3 aromatic rings. The van der Waals surface area contributed by atoms with Crippen molar-refractivity contribution in [1.29, 1.82) is 0 Å². The highest BCUT2D eigenvalue weighted by Crippen LogP contribution is 2.41. The summed E-state index contributed by atoms with van der Waals surface area (Å²) in [4.78, 5) is 4.84. The Bertz CT molecular complexity index is 917. The molecule has 0 bridgehead atoms. The molecule has 3 aromatic carbocycles. The van der Waals surface area contributed by atoms with Crippen LogP contribution in [0.2, 0.25) is 10.0 Å². The van der Waals surface area contributed by atoms with Crippen LogP contribution in [0.1, 0.15) is 22.9 Å². The van der Waals surface area contributed by atoms with E-state index in [-0.39, 0.29) is 6.17 Å².